The molecule has 0 N–H and O–H groups in total. The highest BCUT2D eigenvalue weighted by Gasteiger charge is 2.26. The number of alkyl halides is 2. The second kappa shape index (κ2) is 8.37. The van der Waals surface area contributed by atoms with Crippen LogP contribution < -0.4 is 0 Å². The Balaban J connectivity index is 0.000000242. The summed E-state index contributed by atoms with van der Waals surface area (Å²) in [5.74, 6) is -2.37. The molecule has 0 amide bonds. The predicted octanol–water partition coefficient (Wildman–Crippen LogP) is 5.45. The van der Waals surface area contributed by atoms with Crippen LogP contribution in [0, 0.1) is 0 Å². The highest BCUT2D eigenvalue weighted by molar-refractivity contribution is 5.92. The van der Waals surface area contributed by atoms with E-state index in [9.17, 15) is 13.6 Å². The van der Waals surface area contributed by atoms with E-state index in [0.717, 1.165) is 12.8 Å². The van der Waals surface area contributed by atoms with Crippen LogP contribution in [0.15, 0.2) is 36.4 Å². The van der Waals surface area contributed by atoms with Gasteiger partial charge in [0.15, 0.2) is 5.78 Å². The van der Waals surface area contributed by atoms with Crippen molar-refractivity contribution in [3.63, 3.8) is 0 Å². The first-order valence-electron chi connectivity index (χ1n) is 8.90. The minimum absolute atomic E-state index is 0.0269. The van der Waals surface area contributed by atoms with Crippen LogP contribution in [-0.4, -0.2) is 21.5 Å². The molecule has 136 valence electrons. The molecule has 0 radical (unpaired) electrons. The molecule has 0 saturated carbocycles. The number of aromatic nitrogens is 2. The molecule has 1 aromatic carbocycles. The molecule has 0 bridgehead atoms. The monoisotopic (exact) mass is 348 g/mol. The molecule has 1 atom stereocenters. The maximum Gasteiger partial charge on any atom is 0.247 e. The van der Waals surface area contributed by atoms with Crippen LogP contribution in [-0.2, 0) is 6.42 Å². The SMILES string of the molecule is CC(=O)c1cc2n(n1)C(c1ccccc1)CC2.CCCC(F)(F)CC. The maximum absolute atomic E-state index is 12.2. The van der Waals surface area contributed by atoms with E-state index in [0.29, 0.717) is 18.2 Å². The van der Waals surface area contributed by atoms with Gasteiger partial charge in [-0.25, -0.2) is 8.78 Å². The van der Waals surface area contributed by atoms with E-state index >= 15 is 0 Å². The summed E-state index contributed by atoms with van der Waals surface area (Å²) >= 11 is 0. The molecule has 25 heavy (non-hydrogen) atoms. The van der Waals surface area contributed by atoms with Gasteiger partial charge < -0.3 is 0 Å². The number of benzene rings is 1. The quantitative estimate of drug-likeness (QED) is 0.673. The third-order valence-electron chi connectivity index (χ3n) is 4.46. The summed E-state index contributed by atoms with van der Waals surface area (Å²) in [4.78, 5) is 11.3. The van der Waals surface area contributed by atoms with Crippen molar-refractivity contribution in [3.8, 4) is 0 Å². The first kappa shape index (κ1) is 19.3. The molecule has 0 aliphatic carbocycles. The number of carbonyl (C=O) groups is 1. The van der Waals surface area contributed by atoms with Gasteiger partial charge in [-0.3, -0.25) is 9.48 Å². The molecule has 2 heterocycles. The second-order valence-electron chi connectivity index (χ2n) is 6.45. The molecular formula is C20H26F2N2O. The minimum atomic E-state index is -2.41. The number of Topliss-reactive ketones (excluding diaryl/α,β-unsaturated/α-hetero) is 1. The number of rotatable bonds is 5. The Bertz CT molecular complexity index is 695. The third-order valence-corrected chi connectivity index (χ3v) is 4.46. The number of nitrogens with zero attached hydrogens (tertiary/aromatic N) is 2. The molecule has 3 rings (SSSR count). The van der Waals surface area contributed by atoms with Crippen LogP contribution in [0.25, 0.3) is 0 Å². The van der Waals surface area contributed by atoms with Crippen molar-refractivity contribution in [2.45, 2.75) is 64.8 Å². The number of halogens is 2. The molecule has 2 aromatic rings. The third kappa shape index (κ3) is 4.97. The van der Waals surface area contributed by atoms with Gasteiger partial charge in [-0.15, -0.1) is 0 Å². The smallest absolute Gasteiger partial charge is 0.247 e. The molecule has 1 unspecified atom stereocenters. The van der Waals surface area contributed by atoms with Crippen LogP contribution in [0.1, 0.15) is 74.2 Å². The molecular weight excluding hydrogens is 322 g/mol. The summed E-state index contributed by atoms with van der Waals surface area (Å²) in [6.45, 7) is 4.84. The van der Waals surface area contributed by atoms with Crippen molar-refractivity contribution in [2.24, 2.45) is 0 Å². The second-order valence-corrected chi connectivity index (χ2v) is 6.45. The van der Waals surface area contributed by atoms with Gasteiger partial charge >= 0.3 is 0 Å². The molecule has 5 heteroatoms. The van der Waals surface area contributed by atoms with E-state index < -0.39 is 5.92 Å². The minimum Gasteiger partial charge on any atom is -0.293 e. The fourth-order valence-corrected chi connectivity index (χ4v) is 2.99. The summed E-state index contributed by atoms with van der Waals surface area (Å²) in [6, 6.07) is 12.6. The number of hydrogen-bond acceptors (Lipinski definition) is 2. The van der Waals surface area contributed by atoms with Crippen molar-refractivity contribution in [3.05, 3.63) is 53.3 Å². The molecule has 1 aliphatic rings. The van der Waals surface area contributed by atoms with Crippen molar-refractivity contribution in [2.75, 3.05) is 0 Å². The van der Waals surface area contributed by atoms with E-state index in [1.54, 1.807) is 13.8 Å². The topological polar surface area (TPSA) is 34.9 Å². The first-order chi connectivity index (χ1) is 11.9. The number of hydrogen-bond donors (Lipinski definition) is 0. The van der Waals surface area contributed by atoms with Gasteiger partial charge in [-0.2, -0.15) is 5.10 Å². The standard InChI is InChI=1S/C14H14N2O.C6H12F2/c1-10(17)13-9-12-7-8-14(16(12)15-13)11-5-3-2-4-6-11;1-3-5-6(7,8)4-2/h2-6,9,14H,7-8H2,1H3;3-5H2,1-2H3. The van der Waals surface area contributed by atoms with Gasteiger partial charge in [0, 0.05) is 25.5 Å². The van der Waals surface area contributed by atoms with Crippen molar-refractivity contribution >= 4 is 5.78 Å². The van der Waals surface area contributed by atoms with E-state index in [1.165, 1.54) is 18.2 Å². The lowest BCUT2D eigenvalue weighted by molar-refractivity contribution is -0.0119. The summed E-state index contributed by atoms with van der Waals surface area (Å²) in [6.07, 6.45) is 2.65. The first-order valence-corrected chi connectivity index (χ1v) is 8.90. The summed E-state index contributed by atoms with van der Waals surface area (Å²) in [7, 11) is 0. The largest absolute Gasteiger partial charge is 0.293 e. The summed E-state index contributed by atoms with van der Waals surface area (Å²) in [5.41, 5.74) is 3.02. The van der Waals surface area contributed by atoms with Gasteiger partial charge in [0.05, 0.1) is 6.04 Å². The fourth-order valence-electron chi connectivity index (χ4n) is 2.99. The van der Waals surface area contributed by atoms with Crippen LogP contribution in [0.4, 0.5) is 8.78 Å². The van der Waals surface area contributed by atoms with E-state index in [4.69, 9.17) is 0 Å². The Hall–Kier alpha value is -2.04. The molecule has 1 aliphatic heterocycles. The van der Waals surface area contributed by atoms with E-state index in [-0.39, 0.29) is 18.6 Å². The number of fused-ring (bicyclic) bond motifs is 1. The predicted molar refractivity (Wildman–Crippen MR) is 95.3 cm³/mol. The maximum atomic E-state index is 12.2. The summed E-state index contributed by atoms with van der Waals surface area (Å²) in [5, 5.41) is 4.42. The van der Waals surface area contributed by atoms with Gasteiger partial charge in [-0.1, -0.05) is 50.6 Å². The highest BCUT2D eigenvalue weighted by atomic mass is 19.3. The Labute approximate surface area is 148 Å². The van der Waals surface area contributed by atoms with Crippen molar-refractivity contribution in [1.29, 1.82) is 0 Å². The Morgan fingerprint density at radius 3 is 2.48 bits per heavy atom. The Kier molecular flexibility index (Phi) is 6.45. The van der Waals surface area contributed by atoms with E-state index in [2.05, 4.69) is 17.2 Å². The number of aryl methyl sites for hydroxylation is 1. The average Bonchev–Trinajstić information content (AvgIpc) is 3.17. The lowest BCUT2D eigenvalue weighted by atomic mass is 10.1. The molecule has 0 saturated heterocycles. The summed E-state index contributed by atoms with van der Waals surface area (Å²) < 4.78 is 26.3. The molecule has 0 fully saturated rings. The Morgan fingerprint density at radius 1 is 1.28 bits per heavy atom. The average molecular weight is 348 g/mol. The lowest BCUT2D eigenvalue weighted by Crippen LogP contribution is -2.12. The Morgan fingerprint density at radius 2 is 1.96 bits per heavy atom. The van der Waals surface area contributed by atoms with E-state index in [1.807, 2.05) is 28.9 Å². The molecule has 1 aromatic heterocycles. The van der Waals surface area contributed by atoms with Gasteiger partial charge in [-0.05, 0) is 24.5 Å². The van der Waals surface area contributed by atoms with Crippen LogP contribution in [0.5, 0.6) is 0 Å². The van der Waals surface area contributed by atoms with Gasteiger partial charge in [0.25, 0.3) is 0 Å². The fraction of sp³-hybridized carbons (Fsp3) is 0.500. The molecule has 3 nitrogen and oxygen atoms in total. The highest BCUT2D eigenvalue weighted by Crippen LogP contribution is 2.31. The van der Waals surface area contributed by atoms with Crippen LogP contribution in [0.3, 0.4) is 0 Å². The van der Waals surface area contributed by atoms with Crippen molar-refractivity contribution in [1.82, 2.24) is 9.78 Å². The number of ketones is 1. The zero-order valence-electron chi connectivity index (χ0n) is 15.1. The zero-order valence-corrected chi connectivity index (χ0v) is 15.1. The van der Waals surface area contributed by atoms with Gasteiger partial charge in [0.2, 0.25) is 5.92 Å². The molecule has 0 spiro atoms. The van der Waals surface area contributed by atoms with Crippen LogP contribution in [0.2, 0.25) is 0 Å². The lowest BCUT2D eigenvalue weighted by Gasteiger charge is -2.12. The normalized spacial score (nSPS) is 16.1. The zero-order chi connectivity index (χ0) is 18.4. The number of carbonyl (C=O) groups excluding carboxylic acids is 1. The van der Waals surface area contributed by atoms with Gasteiger partial charge in [0.1, 0.15) is 5.69 Å². The van der Waals surface area contributed by atoms with Crippen LogP contribution >= 0.6 is 0 Å². The van der Waals surface area contributed by atoms with Crippen molar-refractivity contribution < 1.29 is 13.6 Å².